The summed E-state index contributed by atoms with van der Waals surface area (Å²) in [6.45, 7) is 5.94. The van der Waals surface area contributed by atoms with Crippen molar-refractivity contribution >= 4 is 33.5 Å². The van der Waals surface area contributed by atoms with Crippen LogP contribution in [0, 0.1) is 13.8 Å². The minimum absolute atomic E-state index is 0.0790. The van der Waals surface area contributed by atoms with Crippen LogP contribution in [-0.4, -0.2) is 30.4 Å². The predicted molar refractivity (Wildman–Crippen MR) is 101 cm³/mol. The van der Waals surface area contributed by atoms with E-state index in [2.05, 4.69) is 10.2 Å². The summed E-state index contributed by atoms with van der Waals surface area (Å²) in [5.41, 5.74) is 2.06. The van der Waals surface area contributed by atoms with E-state index in [0.717, 1.165) is 36.9 Å². The smallest absolute Gasteiger partial charge is 0.336 e. The van der Waals surface area contributed by atoms with Crippen molar-refractivity contribution in [1.29, 1.82) is 0 Å². The molecular weight excluding hydrogens is 332 g/mol. The molecule has 6 heteroatoms. The zero-order chi connectivity index (χ0) is 18.3. The zero-order valence-corrected chi connectivity index (χ0v) is 15.1. The van der Waals surface area contributed by atoms with Gasteiger partial charge in [-0.2, -0.15) is 0 Å². The molecule has 0 spiro atoms. The van der Waals surface area contributed by atoms with Crippen LogP contribution >= 0.6 is 0 Å². The summed E-state index contributed by atoms with van der Waals surface area (Å²) in [6, 6.07) is 5.19. The second-order valence-electron chi connectivity index (χ2n) is 6.98. The Kier molecular flexibility index (Phi) is 4.28. The molecule has 0 unspecified atom stereocenters. The number of nitrogens with zero attached hydrogens (tertiary/aromatic N) is 1. The van der Waals surface area contributed by atoms with E-state index < -0.39 is 5.63 Å². The van der Waals surface area contributed by atoms with Crippen molar-refractivity contribution in [3.05, 3.63) is 39.9 Å². The average molecular weight is 354 g/mol. The lowest BCUT2D eigenvalue weighted by Crippen LogP contribution is -2.36. The van der Waals surface area contributed by atoms with Gasteiger partial charge in [-0.05, 0) is 57.5 Å². The molecule has 0 radical (unpaired) electrons. The highest BCUT2D eigenvalue weighted by Gasteiger charge is 2.20. The van der Waals surface area contributed by atoms with Gasteiger partial charge in [0.25, 0.3) is 0 Å². The molecule has 0 bridgehead atoms. The van der Waals surface area contributed by atoms with Crippen LogP contribution in [0.5, 0.6) is 0 Å². The highest BCUT2D eigenvalue weighted by Crippen LogP contribution is 2.36. The van der Waals surface area contributed by atoms with E-state index in [-0.39, 0.29) is 5.91 Å². The summed E-state index contributed by atoms with van der Waals surface area (Å²) >= 11 is 0. The molecule has 1 aliphatic rings. The van der Waals surface area contributed by atoms with Crippen LogP contribution in [0.25, 0.3) is 21.9 Å². The Balaban J connectivity index is 1.74. The number of benzene rings is 1. The van der Waals surface area contributed by atoms with Gasteiger partial charge in [-0.1, -0.05) is 6.42 Å². The average Bonchev–Trinajstić information content (AvgIpc) is 2.91. The number of aryl methyl sites for hydroxylation is 2. The van der Waals surface area contributed by atoms with E-state index in [1.54, 1.807) is 6.92 Å². The topological polar surface area (TPSA) is 75.7 Å². The maximum atomic E-state index is 12.6. The number of nitrogens with one attached hydrogen (secondary N) is 1. The number of anilines is 1. The predicted octanol–water partition coefficient (Wildman–Crippen LogP) is 3.58. The van der Waals surface area contributed by atoms with Gasteiger partial charge in [0.15, 0.2) is 5.58 Å². The number of rotatable bonds is 3. The number of furan rings is 1. The Labute approximate surface area is 150 Å². The van der Waals surface area contributed by atoms with Gasteiger partial charge in [-0.3, -0.25) is 9.69 Å². The third-order valence-corrected chi connectivity index (χ3v) is 5.03. The highest BCUT2D eigenvalue weighted by atomic mass is 16.4. The van der Waals surface area contributed by atoms with E-state index in [1.165, 1.54) is 12.5 Å². The second kappa shape index (κ2) is 6.61. The Morgan fingerprint density at radius 3 is 2.69 bits per heavy atom. The molecule has 0 atom stereocenters. The van der Waals surface area contributed by atoms with E-state index in [1.807, 2.05) is 19.1 Å². The van der Waals surface area contributed by atoms with Gasteiger partial charge < -0.3 is 14.2 Å². The molecule has 4 rings (SSSR count). The molecule has 2 aromatic heterocycles. The van der Waals surface area contributed by atoms with Crippen molar-refractivity contribution < 1.29 is 13.6 Å². The fourth-order valence-corrected chi connectivity index (χ4v) is 3.73. The van der Waals surface area contributed by atoms with Gasteiger partial charge in [0.2, 0.25) is 5.91 Å². The number of amides is 1. The molecule has 6 nitrogen and oxygen atoms in total. The lowest BCUT2D eigenvalue weighted by molar-refractivity contribution is -0.117. The van der Waals surface area contributed by atoms with Gasteiger partial charge >= 0.3 is 5.63 Å². The van der Waals surface area contributed by atoms with Crippen LogP contribution in [0.15, 0.2) is 31.8 Å². The lowest BCUT2D eigenvalue weighted by Gasteiger charge is -2.25. The number of hydrogen-bond acceptors (Lipinski definition) is 5. The third kappa shape index (κ3) is 3.01. The normalized spacial score (nSPS) is 15.6. The largest absolute Gasteiger partial charge is 0.459 e. The minimum Gasteiger partial charge on any atom is -0.459 e. The first-order valence-electron chi connectivity index (χ1n) is 9.02. The first-order chi connectivity index (χ1) is 12.5. The van der Waals surface area contributed by atoms with Crippen LogP contribution in [0.4, 0.5) is 5.69 Å². The quantitative estimate of drug-likeness (QED) is 0.728. The van der Waals surface area contributed by atoms with Crippen molar-refractivity contribution in [3.63, 3.8) is 0 Å². The highest BCUT2D eigenvalue weighted by molar-refractivity contribution is 6.13. The van der Waals surface area contributed by atoms with Gasteiger partial charge in [0.05, 0.1) is 17.6 Å². The molecule has 136 valence electrons. The molecule has 1 N–H and O–H groups in total. The summed E-state index contributed by atoms with van der Waals surface area (Å²) < 4.78 is 11.3. The second-order valence-corrected chi connectivity index (χ2v) is 6.98. The third-order valence-electron chi connectivity index (χ3n) is 5.03. The van der Waals surface area contributed by atoms with Gasteiger partial charge in [0, 0.05) is 11.5 Å². The SMILES string of the molecule is Cc1oc2ccc3c(C)cc(=O)oc3c2c1NC(=O)CN1CCCCC1. The van der Waals surface area contributed by atoms with Crippen molar-refractivity contribution in [2.75, 3.05) is 25.0 Å². The first-order valence-corrected chi connectivity index (χ1v) is 9.02. The Bertz CT molecular complexity index is 1040. The van der Waals surface area contributed by atoms with Crippen LogP contribution in [-0.2, 0) is 4.79 Å². The molecular formula is C20H22N2O4. The Morgan fingerprint density at radius 1 is 1.15 bits per heavy atom. The summed E-state index contributed by atoms with van der Waals surface area (Å²) in [4.78, 5) is 26.6. The molecule has 1 aromatic carbocycles. The van der Waals surface area contributed by atoms with Crippen LogP contribution in [0.1, 0.15) is 30.6 Å². The number of fused-ring (bicyclic) bond motifs is 3. The van der Waals surface area contributed by atoms with Crippen molar-refractivity contribution in [2.24, 2.45) is 0 Å². The first kappa shape index (κ1) is 16.8. The maximum absolute atomic E-state index is 12.6. The molecule has 1 saturated heterocycles. The molecule has 26 heavy (non-hydrogen) atoms. The fraction of sp³-hybridized carbons (Fsp3) is 0.400. The standard InChI is InChI=1S/C20H22N2O4/c1-12-10-17(24)26-20-14(12)6-7-15-18(20)19(13(2)25-15)21-16(23)11-22-8-4-3-5-9-22/h6-7,10H,3-5,8-9,11H2,1-2H3,(H,21,23). The summed E-state index contributed by atoms with van der Waals surface area (Å²) in [5.74, 6) is 0.522. The monoisotopic (exact) mass is 354 g/mol. The minimum atomic E-state index is -0.410. The van der Waals surface area contributed by atoms with Gasteiger partial charge in [-0.15, -0.1) is 0 Å². The summed E-state index contributed by atoms with van der Waals surface area (Å²) in [5, 5.41) is 4.46. The summed E-state index contributed by atoms with van der Waals surface area (Å²) in [6.07, 6.45) is 3.50. The Hall–Kier alpha value is -2.60. The fourth-order valence-electron chi connectivity index (χ4n) is 3.73. The molecule has 3 aromatic rings. The Morgan fingerprint density at radius 2 is 1.92 bits per heavy atom. The van der Waals surface area contributed by atoms with Crippen LogP contribution < -0.4 is 10.9 Å². The number of carbonyl (C=O) groups is 1. The van der Waals surface area contributed by atoms with E-state index in [9.17, 15) is 9.59 Å². The van der Waals surface area contributed by atoms with Crippen LogP contribution in [0.3, 0.4) is 0 Å². The van der Waals surface area contributed by atoms with E-state index in [4.69, 9.17) is 8.83 Å². The number of piperidine rings is 1. The van der Waals surface area contributed by atoms with Gasteiger partial charge in [-0.25, -0.2) is 4.79 Å². The van der Waals surface area contributed by atoms with Crippen molar-refractivity contribution in [3.8, 4) is 0 Å². The molecule has 0 saturated carbocycles. The molecule has 0 aliphatic carbocycles. The molecule has 1 fully saturated rings. The van der Waals surface area contributed by atoms with E-state index in [0.29, 0.717) is 34.5 Å². The molecule has 1 amide bonds. The number of carbonyl (C=O) groups excluding carboxylic acids is 1. The van der Waals surface area contributed by atoms with Crippen molar-refractivity contribution in [1.82, 2.24) is 4.90 Å². The zero-order valence-electron chi connectivity index (χ0n) is 15.1. The molecule has 3 heterocycles. The van der Waals surface area contributed by atoms with E-state index >= 15 is 0 Å². The number of likely N-dealkylation sites (tertiary alicyclic amines) is 1. The van der Waals surface area contributed by atoms with Crippen molar-refractivity contribution in [2.45, 2.75) is 33.1 Å². The van der Waals surface area contributed by atoms with Crippen LogP contribution in [0.2, 0.25) is 0 Å². The maximum Gasteiger partial charge on any atom is 0.336 e. The number of hydrogen-bond donors (Lipinski definition) is 1. The lowest BCUT2D eigenvalue weighted by atomic mass is 10.1. The molecule has 1 aliphatic heterocycles. The summed E-state index contributed by atoms with van der Waals surface area (Å²) in [7, 11) is 0. The van der Waals surface area contributed by atoms with Gasteiger partial charge in [0.1, 0.15) is 11.3 Å².